The first-order valence-electron chi connectivity index (χ1n) is 3.78. The Hall–Kier alpha value is -1.12. The molecule has 1 fully saturated rings. The van der Waals surface area contributed by atoms with E-state index in [2.05, 4.69) is 4.98 Å². The molecule has 3 heteroatoms. The zero-order valence-corrected chi connectivity index (χ0v) is 6.12. The van der Waals surface area contributed by atoms with Gasteiger partial charge in [0.15, 0.2) is 5.89 Å². The summed E-state index contributed by atoms with van der Waals surface area (Å²) in [6, 6.07) is 0. The Kier molecular flexibility index (Phi) is 1.49. The van der Waals surface area contributed by atoms with Crippen LogP contribution in [-0.4, -0.2) is 11.3 Å². The highest BCUT2D eigenvalue weighted by molar-refractivity contribution is 5.52. The number of hydrogen-bond donors (Lipinski definition) is 0. The summed E-state index contributed by atoms with van der Waals surface area (Å²) in [5.74, 6) is 2.03. The number of hydrogen-bond acceptors (Lipinski definition) is 3. The van der Waals surface area contributed by atoms with E-state index in [0.717, 1.165) is 12.2 Å². The van der Waals surface area contributed by atoms with E-state index in [1.54, 1.807) is 6.20 Å². The highest BCUT2D eigenvalue weighted by Crippen LogP contribution is 2.39. The monoisotopic (exact) mass is 151 g/mol. The summed E-state index contributed by atoms with van der Waals surface area (Å²) in [6.07, 6.45) is 5.18. The topological polar surface area (TPSA) is 43.1 Å². The van der Waals surface area contributed by atoms with Crippen molar-refractivity contribution in [3.05, 3.63) is 17.8 Å². The first-order valence-corrected chi connectivity index (χ1v) is 3.78. The van der Waals surface area contributed by atoms with Crippen LogP contribution in [0.2, 0.25) is 0 Å². The van der Waals surface area contributed by atoms with Crippen molar-refractivity contribution in [1.82, 2.24) is 4.98 Å². The minimum Gasteiger partial charge on any atom is -0.445 e. The van der Waals surface area contributed by atoms with Crippen molar-refractivity contribution in [2.24, 2.45) is 0 Å². The van der Waals surface area contributed by atoms with Gasteiger partial charge in [-0.05, 0) is 12.8 Å². The van der Waals surface area contributed by atoms with Crippen LogP contribution in [0.4, 0.5) is 0 Å². The van der Waals surface area contributed by atoms with Gasteiger partial charge in [0.1, 0.15) is 12.0 Å². The van der Waals surface area contributed by atoms with Crippen LogP contribution in [0, 0.1) is 0 Å². The Labute approximate surface area is 64.4 Å². The van der Waals surface area contributed by atoms with Gasteiger partial charge >= 0.3 is 0 Å². The van der Waals surface area contributed by atoms with Crippen LogP contribution in [0.1, 0.15) is 30.4 Å². The lowest BCUT2D eigenvalue weighted by atomic mass is 10.4. The lowest BCUT2D eigenvalue weighted by Gasteiger charge is -1.85. The second-order valence-electron chi connectivity index (χ2n) is 2.81. The number of carbonyl (C=O) groups excluding carboxylic acids is 1. The van der Waals surface area contributed by atoms with Crippen molar-refractivity contribution in [3.63, 3.8) is 0 Å². The van der Waals surface area contributed by atoms with Gasteiger partial charge in [-0.2, -0.15) is 0 Å². The van der Waals surface area contributed by atoms with Crippen LogP contribution < -0.4 is 0 Å². The number of nitrogens with zero attached hydrogens (tertiary/aromatic N) is 1. The number of carbonyl (C=O) groups is 1. The van der Waals surface area contributed by atoms with Gasteiger partial charge in [-0.15, -0.1) is 0 Å². The third kappa shape index (κ3) is 1.31. The minimum absolute atomic E-state index is 0.347. The molecule has 1 aliphatic carbocycles. The van der Waals surface area contributed by atoms with Crippen LogP contribution >= 0.6 is 0 Å². The largest absolute Gasteiger partial charge is 0.445 e. The smallest absolute Gasteiger partial charge is 0.197 e. The molecule has 2 rings (SSSR count). The molecule has 0 radical (unpaired) electrons. The maximum atomic E-state index is 10.1. The molecule has 0 aromatic carbocycles. The zero-order chi connectivity index (χ0) is 7.68. The standard InChI is InChI=1S/C8H9NO2/c10-4-3-7-5-9-8(11-7)6-1-2-6/h4-6H,1-3H2. The molecule has 1 aliphatic rings. The van der Waals surface area contributed by atoms with Gasteiger partial charge in [-0.1, -0.05) is 0 Å². The maximum Gasteiger partial charge on any atom is 0.197 e. The fraction of sp³-hybridized carbons (Fsp3) is 0.500. The molecule has 0 amide bonds. The second-order valence-corrected chi connectivity index (χ2v) is 2.81. The summed E-state index contributed by atoms with van der Waals surface area (Å²) >= 11 is 0. The Morgan fingerprint density at radius 3 is 3.18 bits per heavy atom. The van der Waals surface area contributed by atoms with Crippen LogP contribution in [0.3, 0.4) is 0 Å². The Morgan fingerprint density at radius 2 is 2.55 bits per heavy atom. The van der Waals surface area contributed by atoms with Gasteiger partial charge in [-0.25, -0.2) is 4.98 Å². The van der Waals surface area contributed by atoms with Gasteiger partial charge in [0.25, 0.3) is 0 Å². The molecule has 11 heavy (non-hydrogen) atoms. The van der Waals surface area contributed by atoms with Crippen molar-refractivity contribution < 1.29 is 9.21 Å². The molecule has 0 atom stereocenters. The average Bonchev–Trinajstić information content (AvgIpc) is 2.75. The van der Waals surface area contributed by atoms with Gasteiger partial charge < -0.3 is 9.21 Å². The summed E-state index contributed by atoms with van der Waals surface area (Å²) in [6.45, 7) is 0. The molecule has 1 aromatic heterocycles. The van der Waals surface area contributed by atoms with Crippen molar-refractivity contribution in [2.45, 2.75) is 25.2 Å². The van der Waals surface area contributed by atoms with Crippen molar-refractivity contribution in [2.75, 3.05) is 0 Å². The number of rotatable bonds is 3. The van der Waals surface area contributed by atoms with Crippen LogP contribution in [0.15, 0.2) is 10.6 Å². The number of oxazole rings is 1. The number of aromatic nitrogens is 1. The van der Waals surface area contributed by atoms with Gasteiger partial charge in [0, 0.05) is 5.92 Å². The summed E-state index contributed by atoms with van der Waals surface area (Å²) in [7, 11) is 0. The molecule has 0 aliphatic heterocycles. The Bertz CT molecular complexity index is 263. The fourth-order valence-corrected chi connectivity index (χ4v) is 1.02. The molecule has 1 aromatic rings. The van der Waals surface area contributed by atoms with E-state index < -0.39 is 0 Å². The number of aldehydes is 1. The van der Waals surface area contributed by atoms with E-state index in [0.29, 0.717) is 18.1 Å². The molecule has 0 bridgehead atoms. The van der Waals surface area contributed by atoms with Crippen LogP contribution in [0.25, 0.3) is 0 Å². The van der Waals surface area contributed by atoms with Gasteiger partial charge in [0.2, 0.25) is 0 Å². The zero-order valence-electron chi connectivity index (χ0n) is 6.12. The molecular formula is C8H9NO2. The first-order chi connectivity index (χ1) is 5.40. The summed E-state index contributed by atoms with van der Waals surface area (Å²) in [5, 5.41) is 0. The third-order valence-corrected chi connectivity index (χ3v) is 1.78. The van der Waals surface area contributed by atoms with Crippen molar-refractivity contribution in [3.8, 4) is 0 Å². The van der Waals surface area contributed by atoms with Crippen molar-refractivity contribution in [1.29, 1.82) is 0 Å². The molecular weight excluding hydrogens is 142 g/mol. The van der Waals surface area contributed by atoms with Crippen LogP contribution in [0.5, 0.6) is 0 Å². The van der Waals surface area contributed by atoms with E-state index in [-0.39, 0.29) is 0 Å². The third-order valence-electron chi connectivity index (χ3n) is 1.78. The van der Waals surface area contributed by atoms with Gasteiger partial charge in [0.05, 0.1) is 12.6 Å². The average molecular weight is 151 g/mol. The molecule has 1 heterocycles. The molecule has 0 N–H and O–H groups in total. The van der Waals surface area contributed by atoms with E-state index in [1.807, 2.05) is 0 Å². The quantitative estimate of drug-likeness (QED) is 0.611. The predicted octanol–water partition coefficient (Wildman–Crippen LogP) is 1.29. The van der Waals surface area contributed by atoms with Crippen molar-refractivity contribution >= 4 is 6.29 Å². The molecule has 3 nitrogen and oxygen atoms in total. The Balaban J connectivity index is 2.11. The molecule has 1 saturated carbocycles. The summed E-state index contributed by atoms with van der Waals surface area (Å²) < 4.78 is 5.31. The maximum absolute atomic E-state index is 10.1. The Morgan fingerprint density at radius 1 is 1.73 bits per heavy atom. The fourth-order valence-electron chi connectivity index (χ4n) is 1.02. The minimum atomic E-state index is 0.347. The molecule has 0 unspecified atom stereocenters. The van der Waals surface area contributed by atoms with Gasteiger partial charge in [-0.3, -0.25) is 0 Å². The van der Waals surface area contributed by atoms with E-state index >= 15 is 0 Å². The lowest BCUT2D eigenvalue weighted by Crippen LogP contribution is -1.79. The summed E-state index contributed by atoms with van der Waals surface area (Å²) in [5.41, 5.74) is 0. The molecule has 0 spiro atoms. The summed E-state index contributed by atoms with van der Waals surface area (Å²) in [4.78, 5) is 14.2. The second kappa shape index (κ2) is 2.49. The highest BCUT2D eigenvalue weighted by atomic mass is 16.4. The van der Waals surface area contributed by atoms with Crippen LogP contribution in [-0.2, 0) is 11.2 Å². The first kappa shape index (κ1) is 6.58. The highest BCUT2D eigenvalue weighted by Gasteiger charge is 2.28. The van der Waals surface area contributed by atoms with E-state index in [9.17, 15) is 4.79 Å². The lowest BCUT2D eigenvalue weighted by molar-refractivity contribution is -0.107. The van der Waals surface area contributed by atoms with E-state index in [1.165, 1.54) is 12.8 Å². The van der Waals surface area contributed by atoms with E-state index in [4.69, 9.17) is 4.42 Å². The normalized spacial score (nSPS) is 16.7. The predicted molar refractivity (Wildman–Crippen MR) is 38.2 cm³/mol. The molecule has 0 saturated heterocycles. The molecule has 58 valence electrons. The SMILES string of the molecule is O=CCc1cnc(C2CC2)o1.